The number of benzene rings is 1. The van der Waals surface area contributed by atoms with E-state index in [9.17, 15) is 4.79 Å². The Morgan fingerprint density at radius 1 is 1.39 bits per heavy atom. The minimum absolute atomic E-state index is 0.208. The van der Waals surface area contributed by atoms with Crippen molar-refractivity contribution < 1.29 is 9.53 Å². The van der Waals surface area contributed by atoms with E-state index < -0.39 is 0 Å². The fraction of sp³-hybridized carbons (Fsp3) is 0.500. The second-order valence-corrected chi connectivity index (χ2v) is 6.18. The highest BCUT2D eigenvalue weighted by atomic mass is 79.9. The summed E-state index contributed by atoms with van der Waals surface area (Å²) >= 11 is 3.46. The molecule has 0 unspecified atom stereocenters. The highest BCUT2D eigenvalue weighted by Crippen LogP contribution is 2.25. The molecule has 0 aromatic heterocycles. The van der Waals surface area contributed by atoms with Gasteiger partial charge in [-0.2, -0.15) is 0 Å². The number of nitrogens with one attached hydrogen (secondary N) is 1. The second-order valence-electron chi connectivity index (χ2n) is 5.33. The molecular weight excluding hydrogens is 294 g/mol. The summed E-state index contributed by atoms with van der Waals surface area (Å²) in [4.78, 5) is 11.6. The molecule has 0 saturated heterocycles. The molecule has 0 saturated carbocycles. The maximum absolute atomic E-state index is 11.6. The van der Waals surface area contributed by atoms with Gasteiger partial charge in [0.25, 0.3) is 0 Å². The summed E-state index contributed by atoms with van der Waals surface area (Å²) in [7, 11) is 0. The van der Waals surface area contributed by atoms with Crippen LogP contribution in [0.2, 0.25) is 0 Å². The van der Waals surface area contributed by atoms with Crippen LogP contribution in [0.4, 0.5) is 5.69 Å². The molecule has 0 amide bonds. The van der Waals surface area contributed by atoms with Gasteiger partial charge in [0.1, 0.15) is 0 Å². The lowest BCUT2D eigenvalue weighted by Crippen LogP contribution is -2.19. The molecule has 0 aliphatic heterocycles. The number of hydrogen-bond acceptors (Lipinski definition) is 3. The molecule has 0 radical (unpaired) electrons. The smallest absolute Gasteiger partial charge is 0.338 e. The van der Waals surface area contributed by atoms with E-state index in [1.165, 1.54) is 0 Å². The monoisotopic (exact) mass is 313 g/mol. The van der Waals surface area contributed by atoms with E-state index in [4.69, 9.17) is 4.74 Å². The van der Waals surface area contributed by atoms with Crippen LogP contribution in [0.25, 0.3) is 0 Å². The van der Waals surface area contributed by atoms with Crippen molar-refractivity contribution in [3.8, 4) is 0 Å². The summed E-state index contributed by atoms with van der Waals surface area (Å²) in [5.41, 5.74) is 1.75. The number of ether oxygens (including phenoxy) is 1. The van der Waals surface area contributed by atoms with Gasteiger partial charge in [-0.3, -0.25) is 0 Å². The van der Waals surface area contributed by atoms with Crippen LogP contribution in [0.3, 0.4) is 0 Å². The van der Waals surface area contributed by atoms with Crippen molar-refractivity contribution in [2.75, 3.05) is 18.5 Å². The van der Waals surface area contributed by atoms with E-state index in [0.29, 0.717) is 12.2 Å². The quantitative estimate of drug-likeness (QED) is 0.851. The summed E-state index contributed by atoms with van der Waals surface area (Å²) in [5.74, 6) is -0.291. The second kappa shape index (κ2) is 6.23. The summed E-state index contributed by atoms with van der Waals surface area (Å²) in [6.07, 6.45) is 0. The van der Waals surface area contributed by atoms with Crippen molar-refractivity contribution in [3.63, 3.8) is 0 Å². The minimum Gasteiger partial charge on any atom is -0.462 e. The number of esters is 1. The Morgan fingerprint density at radius 2 is 2.06 bits per heavy atom. The van der Waals surface area contributed by atoms with Gasteiger partial charge in [-0.25, -0.2) is 4.79 Å². The Morgan fingerprint density at radius 3 is 2.56 bits per heavy atom. The largest absolute Gasteiger partial charge is 0.462 e. The first-order chi connectivity index (χ1) is 8.33. The first-order valence-electron chi connectivity index (χ1n) is 6.04. The van der Waals surface area contributed by atoms with Crippen LogP contribution in [0.15, 0.2) is 22.7 Å². The van der Waals surface area contributed by atoms with Gasteiger partial charge in [0, 0.05) is 16.7 Å². The Labute approximate surface area is 117 Å². The van der Waals surface area contributed by atoms with Crippen LogP contribution in [-0.2, 0) is 4.74 Å². The van der Waals surface area contributed by atoms with Crippen molar-refractivity contribution in [2.45, 2.75) is 27.7 Å². The predicted molar refractivity (Wildman–Crippen MR) is 78.0 cm³/mol. The third-order valence-corrected chi connectivity index (χ3v) is 2.95. The van der Waals surface area contributed by atoms with Crippen molar-refractivity contribution in [1.29, 1.82) is 0 Å². The van der Waals surface area contributed by atoms with Crippen molar-refractivity contribution in [2.24, 2.45) is 5.41 Å². The number of halogens is 1. The number of hydrogen-bond donors (Lipinski definition) is 1. The number of carbonyl (C=O) groups excluding carboxylic acids is 1. The molecular formula is C14H20BrNO2. The molecule has 1 N–H and O–H groups in total. The number of anilines is 1. The standard InChI is InChI=1S/C14H20BrNO2/c1-5-18-13(17)10-6-7-12(11(15)8-10)16-9-14(2,3)4/h6-8,16H,5,9H2,1-4H3. The van der Waals surface area contributed by atoms with Crippen molar-refractivity contribution in [1.82, 2.24) is 0 Å². The Bertz CT molecular complexity index is 424. The lowest BCUT2D eigenvalue weighted by Gasteiger charge is -2.20. The third kappa shape index (κ3) is 4.69. The molecule has 0 heterocycles. The van der Waals surface area contributed by atoms with E-state index >= 15 is 0 Å². The molecule has 0 aliphatic carbocycles. The summed E-state index contributed by atoms with van der Waals surface area (Å²) < 4.78 is 5.83. The zero-order valence-corrected chi connectivity index (χ0v) is 12.9. The molecule has 3 nitrogen and oxygen atoms in total. The summed E-state index contributed by atoms with van der Waals surface area (Å²) in [5, 5.41) is 3.35. The van der Waals surface area contributed by atoms with E-state index in [1.54, 1.807) is 19.1 Å². The average molecular weight is 314 g/mol. The topological polar surface area (TPSA) is 38.3 Å². The fourth-order valence-corrected chi connectivity index (χ4v) is 1.88. The number of rotatable bonds is 4. The zero-order valence-electron chi connectivity index (χ0n) is 11.3. The molecule has 0 atom stereocenters. The van der Waals surface area contributed by atoms with Crippen molar-refractivity contribution in [3.05, 3.63) is 28.2 Å². The zero-order chi connectivity index (χ0) is 13.8. The molecule has 0 bridgehead atoms. The molecule has 100 valence electrons. The molecule has 0 spiro atoms. The Kier molecular flexibility index (Phi) is 5.20. The van der Waals surface area contributed by atoms with Crippen LogP contribution in [-0.4, -0.2) is 19.1 Å². The highest BCUT2D eigenvalue weighted by Gasteiger charge is 2.12. The van der Waals surface area contributed by atoms with Crippen LogP contribution in [0.1, 0.15) is 38.1 Å². The molecule has 0 aliphatic rings. The Hall–Kier alpha value is -1.03. The lowest BCUT2D eigenvalue weighted by molar-refractivity contribution is 0.0526. The molecule has 4 heteroatoms. The molecule has 1 aromatic rings. The van der Waals surface area contributed by atoms with Crippen LogP contribution < -0.4 is 5.32 Å². The van der Waals surface area contributed by atoms with Crippen LogP contribution >= 0.6 is 15.9 Å². The lowest BCUT2D eigenvalue weighted by atomic mass is 9.97. The van der Waals surface area contributed by atoms with Gasteiger partial charge >= 0.3 is 5.97 Å². The van der Waals surface area contributed by atoms with Gasteiger partial charge in [-0.1, -0.05) is 20.8 Å². The van der Waals surface area contributed by atoms with E-state index in [2.05, 4.69) is 42.0 Å². The van der Waals surface area contributed by atoms with Crippen molar-refractivity contribution >= 4 is 27.6 Å². The van der Waals surface area contributed by atoms with E-state index in [1.807, 2.05) is 6.07 Å². The SMILES string of the molecule is CCOC(=O)c1ccc(NCC(C)(C)C)c(Br)c1. The fourth-order valence-electron chi connectivity index (χ4n) is 1.36. The molecule has 1 rings (SSSR count). The predicted octanol–water partition coefficient (Wildman–Crippen LogP) is 4.08. The van der Waals surface area contributed by atoms with Gasteiger partial charge in [0.05, 0.1) is 12.2 Å². The van der Waals surface area contributed by atoms with Gasteiger partial charge < -0.3 is 10.1 Å². The molecule has 0 fully saturated rings. The van der Waals surface area contributed by atoms with Gasteiger partial charge in [-0.15, -0.1) is 0 Å². The van der Waals surface area contributed by atoms with Gasteiger partial charge in [0.2, 0.25) is 0 Å². The van der Waals surface area contributed by atoms with Gasteiger partial charge in [0.15, 0.2) is 0 Å². The maximum atomic E-state index is 11.6. The first-order valence-corrected chi connectivity index (χ1v) is 6.83. The van der Waals surface area contributed by atoms with E-state index in [-0.39, 0.29) is 11.4 Å². The maximum Gasteiger partial charge on any atom is 0.338 e. The average Bonchev–Trinajstić information content (AvgIpc) is 2.26. The van der Waals surface area contributed by atoms with Crippen LogP contribution in [0, 0.1) is 5.41 Å². The summed E-state index contributed by atoms with van der Waals surface area (Å²) in [6.45, 7) is 9.56. The first kappa shape index (κ1) is 15.0. The summed E-state index contributed by atoms with van der Waals surface area (Å²) in [6, 6.07) is 5.44. The molecule has 1 aromatic carbocycles. The normalized spacial score (nSPS) is 11.2. The number of carbonyl (C=O) groups is 1. The van der Waals surface area contributed by atoms with Gasteiger partial charge in [-0.05, 0) is 46.5 Å². The van der Waals surface area contributed by atoms with Crippen LogP contribution in [0.5, 0.6) is 0 Å². The third-order valence-electron chi connectivity index (χ3n) is 2.29. The Balaban J connectivity index is 2.77. The molecule has 18 heavy (non-hydrogen) atoms. The van der Waals surface area contributed by atoms with E-state index in [0.717, 1.165) is 16.7 Å². The highest BCUT2D eigenvalue weighted by molar-refractivity contribution is 9.10. The minimum atomic E-state index is -0.291.